The van der Waals surface area contributed by atoms with E-state index in [-0.39, 0.29) is 6.61 Å². The van der Waals surface area contributed by atoms with Crippen LogP contribution < -0.4 is 0 Å². The van der Waals surface area contributed by atoms with Crippen molar-refractivity contribution in [3.8, 4) is 0 Å². The van der Waals surface area contributed by atoms with Gasteiger partial charge in [0.25, 0.3) is 0 Å². The van der Waals surface area contributed by atoms with Gasteiger partial charge >= 0.3 is 0 Å². The van der Waals surface area contributed by atoms with Crippen LogP contribution in [-0.2, 0) is 6.42 Å². The number of aliphatic hydroxyl groups is 1. The molecule has 0 saturated carbocycles. The van der Waals surface area contributed by atoms with Crippen LogP contribution in [0.15, 0.2) is 18.5 Å². The molecule has 10 heavy (non-hydrogen) atoms. The van der Waals surface area contributed by atoms with Crippen molar-refractivity contribution in [3.63, 3.8) is 0 Å². The highest BCUT2D eigenvalue weighted by Gasteiger charge is 1.86. The van der Waals surface area contributed by atoms with Crippen LogP contribution in [0.1, 0.15) is 19.4 Å². The Kier molecular flexibility index (Phi) is 5.88. The van der Waals surface area contributed by atoms with Gasteiger partial charge in [-0.15, -0.1) is 0 Å². The molecule has 0 atom stereocenters. The van der Waals surface area contributed by atoms with Crippen molar-refractivity contribution in [3.05, 3.63) is 24.0 Å². The van der Waals surface area contributed by atoms with Crippen LogP contribution in [0.25, 0.3) is 0 Å². The number of aromatic nitrogens is 1. The van der Waals surface area contributed by atoms with Gasteiger partial charge in [0.1, 0.15) is 0 Å². The number of hydrogen-bond donors (Lipinski definition) is 2. The average molecular weight is 141 g/mol. The number of aliphatic hydroxyl groups excluding tert-OH is 1. The van der Waals surface area contributed by atoms with Crippen LogP contribution in [0.5, 0.6) is 0 Å². The molecule has 1 aromatic rings. The summed E-state index contributed by atoms with van der Waals surface area (Å²) >= 11 is 0. The van der Waals surface area contributed by atoms with Gasteiger partial charge < -0.3 is 10.1 Å². The number of aromatic amines is 1. The molecule has 58 valence electrons. The summed E-state index contributed by atoms with van der Waals surface area (Å²) in [5, 5.41) is 8.42. The molecule has 1 aromatic heterocycles. The lowest BCUT2D eigenvalue weighted by Gasteiger charge is -1.85. The van der Waals surface area contributed by atoms with Crippen LogP contribution >= 0.6 is 0 Å². The van der Waals surface area contributed by atoms with Crippen LogP contribution in [0.2, 0.25) is 0 Å². The van der Waals surface area contributed by atoms with E-state index < -0.39 is 0 Å². The number of rotatable bonds is 2. The third-order valence-corrected chi connectivity index (χ3v) is 1.06. The van der Waals surface area contributed by atoms with E-state index in [4.69, 9.17) is 5.11 Å². The molecule has 0 spiro atoms. The van der Waals surface area contributed by atoms with E-state index in [1.165, 1.54) is 0 Å². The van der Waals surface area contributed by atoms with E-state index in [1.807, 2.05) is 32.3 Å². The Balaban J connectivity index is 0.000000371. The molecule has 0 unspecified atom stereocenters. The molecule has 0 aliphatic heterocycles. The van der Waals surface area contributed by atoms with Crippen LogP contribution in [0.3, 0.4) is 0 Å². The molecule has 1 rings (SSSR count). The maximum Gasteiger partial charge on any atom is 0.0472 e. The number of H-pyrrole nitrogens is 1. The van der Waals surface area contributed by atoms with Crippen molar-refractivity contribution in [2.45, 2.75) is 20.3 Å². The van der Waals surface area contributed by atoms with Gasteiger partial charge in [0.15, 0.2) is 0 Å². The van der Waals surface area contributed by atoms with Crippen molar-refractivity contribution in [2.75, 3.05) is 6.61 Å². The fourth-order valence-corrected chi connectivity index (χ4v) is 0.643. The summed E-state index contributed by atoms with van der Waals surface area (Å²) < 4.78 is 0. The van der Waals surface area contributed by atoms with E-state index in [1.54, 1.807) is 0 Å². The summed E-state index contributed by atoms with van der Waals surface area (Å²) in [4.78, 5) is 2.90. The summed E-state index contributed by atoms with van der Waals surface area (Å²) in [6, 6.07) is 1.95. The fourth-order valence-electron chi connectivity index (χ4n) is 0.643. The molecule has 0 amide bonds. The van der Waals surface area contributed by atoms with Gasteiger partial charge in [0, 0.05) is 19.0 Å². The standard InChI is InChI=1S/C6H9NO.C2H6/c8-4-2-6-1-3-7-5-6;1-2/h1,3,5,7-8H,2,4H2;1-2H3. The zero-order valence-corrected chi connectivity index (χ0v) is 6.59. The SMILES string of the molecule is CC.OCCc1cc[nH]c1. The first-order chi connectivity index (χ1) is 4.93. The van der Waals surface area contributed by atoms with Crippen molar-refractivity contribution < 1.29 is 5.11 Å². The zero-order chi connectivity index (χ0) is 7.82. The van der Waals surface area contributed by atoms with Gasteiger partial charge in [0.2, 0.25) is 0 Å². The van der Waals surface area contributed by atoms with Crippen LogP contribution in [0, 0.1) is 0 Å². The molecule has 2 N–H and O–H groups in total. The predicted octanol–water partition coefficient (Wildman–Crippen LogP) is 1.58. The topological polar surface area (TPSA) is 36.0 Å². The maximum atomic E-state index is 8.42. The van der Waals surface area contributed by atoms with Gasteiger partial charge in [-0.3, -0.25) is 0 Å². The molecule has 0 fully saturated rings. The Hall–Kier alpha value is -0.760. The largest absolute Gasteiger partial charge is 0.396 e. The lowest BCUT2D eigenvalue weighted by atomic mass is 10.3. The van der Waals surface area contributed by atoms with Crippen molar-refractivity contribution in [1.29, 1.82) is 0 Å². The first-order valence-electron chi connectivity index (χ1n) is 3.66. The quantitative estimate of drug-likeness (QED) is 0.644. The summed E-state index contributed by atoms with van der Waals surface area (Å²) in [6.45, 7) is 4.23. The second-order valence-corrected chi connectivity index (χ2v) is 1.69. The van der Waals surface area contributed by atoms with Gasteiger partial charge in [-0.05, 0) is 18.1 Å². The lowest BCUT2D eigenvalue weighted by Crippen LogP contribution is -1.85. The van der Waals surface area contributed by atoms with E-state index in [9.17, 15) is 0 Å². The minimum Gasteiger partial charge on any atom is -0.396 e. The second kappa shape index (κ2) is 6.36. The summed E-state index contributed by atoms with van der Waals surface area (Å²) in [5.74, 6) is 0. The maximum absolute atomic E-state index is 8.42. The second-order valence-electron chi connectivity index (χ2n) is 1.69. The van der Waals surface area contributed by atoms with Gasteiger partial charge in [-0.1, -0.05) is 13.8 Å². The molecule has 0 bridgehead atoms. The third kappa shape index (κ3) is 3.30. The average Bonchev–Trinajstić information content (AvgIpc) is 2.46. The Bertz CT molecular complexity index is 135. The molecular formula is C8H15NO. The van der Waals surface area contributed by atoms with Gasteiger partial charge in [0.05, 0.1) is 0 Å². The molecule has 0 radical (unpaired) electrons. The molecule has 0 aromatic carbocycles. The monoisotopic (exact) mass is 141 g/mol. The zero-order valence-electron chi connectivity index (χ0n) is 6.59. The molecule has 0 saturated heterocycles. The molecular weight excluding hydrogens is 126 g/mol. The van der Waals surface area contributed by atoms with E-state index in [0.717, 1.165) is 12.0 Å². The van der Waals surface area contributed by atoms with Crippen LogP contribution in [-0.4, -0.2) is 16.7 Å². The molecule has 1 heterocycles. The first-order valence-corrected chi connectivity index (χ1v) is 3.66. The van der Waals surface area contributed by atoms with Crippen LogP contribution in [0.4, 0.5) is 0 Å². The first kappa shape index (κ1) is 9.24. The predicted molar refractivity (Wildman–Crippen MR) is 42.9 cm³/mol. The summed E-state index contributed by atoms with van der Waals surface area (Å²) in [5.41, 5.74) is 1.16. The number of hydrogen-bond acceptors (Lipinski definition) is 1. The molecule has 2 heteroatoms. The Labute approximate surface area is 61.9 Å². The Morgan fingerprint density at radius 1 is 1.50 bits per heavy atom. The third-order valence-electron chi connectivity index (χ3n) is 1.06. The van der Waals surface area contributed by atoms with Crippen molar-refractivity contribution in [2.24, 2.45) is 0 Å². The minimum absolute atomic E-state index is 0.234. The van der Waals surface area contributed by atoms with Gasteiger partial charge in [-0.2, -0.15) is 0 Å². The van der Waals surface area contributed by atoms with E-state index >= 15 is 0 Å². The minimum atomic E-state index is 0.234. The Morgan fingerprint density at radius 2 is 2.20 bits per heavy atom. The summed E-state index contributed by atoms with van der Waals surface area (Å²) in [6.07, 6.45) is 4.49. The molecule has 0 aliphatic rings. The summed E-state index contributed by atoms with van der Waals surface area (Å²) in [7, 11) is 0. The van der Waals surface area contributed by atoms with E-state index in [2.05, 4.69) is 4.98 Å². The van der Waals surface area contributed by atoms with Crippen molar-refractivity contribution >= 4 is 0 Å². The van der Waals surface area contributed by atoms with Crippen molar-refractivity contribution in [1.82, 2.24) is 4.98 Å². The highest BCUT2D eigenvalue weighted by atomic mass is 16.2. The fraction of sp³-hybridized carbons (Fsp3) is 0.500. The van der Waals surface area contributed by atoms with Gasteiger partial charge in [-0.25, -0.2) is 0 Å². The Morgan fingerprint density at radius 3 is 2.60 bits per heavy atom. The molecule has 2 nitrogen and oxygen atoms in total. The smallest absolute Gasteiger partial charge is 0.0472 e. The highest BCUT2D eigenvalue weighted by molar-refractivity contribution is 5.07. The number of nitrogens with one attached hydrogen (secondary N) is 1. The molecule has 0 aliphatic carbocycles. The van der Waals surface area contributed by atoms with E-state index in [0.29, 0.717) is 0 Å². The highest BCUT2D eigenvalue weighted by Crippen LogP contribution is 1.95. The normalized spacial score (nSPS) is 8.30. The lowest BCUT2D eigenvalue weighted by molar-refractivity contribution is 0.299.